The predicted molar refractivity (Wildman–Crippen MR) is 102 cm³/mol. The molecule has 1 aromatic heterocycles. The molecule has 1 atom stereocenters. The Balaban J connectivity index is 1.48. The number of fused-ring (bicyclic) bond motifs is 1. The van der Waals surface area contributed by atoms with Gasteiger partial charge in [-0.1, -0.05) is 42.5 Å². The van der Waals surface area contributed by atoms with Crippen molar-refractivity contribution in [1.29, 1.82) is 0 Å². The molecule has 0 bridgehead atoms. The Morgan fingerprint density at radius 1 is 1.00 bits per heavy atom. The van der Waals surface area contributed by atoms with Crippen LogP contribution in [-0.2, 0) is 17.8 Å². The highest BCUT2D eigenvalue weighted by Gasteiger charge is 2.21. The fourth-order valence-electron chi connectivity index (χ4n) is 3.17. The number of carbonyl (C=O) groups is 1. The Hall–Kier alpha value is -3.34. The fourth-order valence-corrected chi connectivity index (χ4v) is 3.17. The van der Waals surface area contributed by atoms with Crippen LogP contribution in [0.25, 0.3) is 0 Å². The molecule has 3 aromatic rings. The molecule has 5 heteroatoms. The number of nitrogens with one attached hydrogen (secondary N) is 1. The van der Waals surface area contributed by atoms with E-state index >= 15 is 0 Å². The summed E-state index contributed by atoms with van der Waals surface area (Å²) >= 11 is 0. The van der Waals surface area contributed by atoms with Crippen LogP contribution in [0.2, 0.25) is 0 Å². The van der Waals surface area contributed by atoms with Crippen molar-refractivity contribution in [2.24, 2.45) is 0 Å². The molecule has 0 saturated heterocycles. The summed E-state index contributed by atoms with van der Waals surface area (Å²) in [6.45, 7) is 0.679. The molecule has 1 unspecified atom stereocenters. The monoisotopic (exact) mass is 360 g/mol. The molecule has 1 aliphatic rings. The second kappa shape index (κ2) is 7.91. The van der Waals surface area contributed by atoms with Crippen molar-refractivity contribution in [3.05, 3.63) is 89.7 Å². The van der Waals surface area contributed by atoms with Gasteiger partial charge in [-0.3, -0.25) is 9.78 Å². The van der Waals surface area contributed by atoms with Gasteiger partial charge >= 0.3 is 0 Å². The first-order valence-corrected chi connectivity index (χ1v) is 8.90. The topological polar surface area (TPSA) is 60.5 Å². The van der Waals surface area contributed by atoms with Crippen molar-refractivity contribution < 1.29 is 14.3 Å². The molecular weight excluding hydrogens is 340 g/mol. The molecule has 0 fully saturated rings. The smallest absolute Gasteiger partial charge is 0.231 e. The van der Waals surface area contributed by atoms with Gasteiger partial charge in [-0.2, -0.15) is 0 Å². The van der Waals surface area contributed by atoms with Crippen LogP contribution in [0.3, 0.4) is 0 Å². The third-order valence-electron chi connectivity index (χ3n) is 4.58. The Morgan fingerprint density at radius 2 is 1.85 bits per heavy atom. The highest BCUT2D eigenvalue weighted by atomic mass is 16.7. The van der Waals surface area contributed by atoms with Crippen molar-refractivity contribution in [2.45, 2.75) is 18.9 Å². The SMILES string of the molecule is O=C(NCc1ccc2c(c1)OCO2)C(Cc1cccnc1)c1ccccc1. The molecule has 0 radical (unpaired) electrons. The van der Waals surface area contributed by atoms with E-state index in [9.17, 15) is 4.79 Å². The van der Waals surface area contributed by atoms with E-state index in [1.807, 2.05) is 60.7 Å². The lowest BCUT2D eigenvalue weighted by molar-refractivity contribution is -0.122. The molecule has 2 aromatic carbocycles. The lowest BCUT2D eigenvalue weighted by Crippen LogP contribution is -2.30. The zero-order valence-corrected chi connectivity index (χ0v) is 14.8. The standard InChI is InChI=1S/C22H20N2O3/c25-22(24-14-17-8-9-20-21(12-17)27-15-26-20)19(18-6-2-1-3-7-18)11-16-5-4-10-23-13-16/h1-10,12-13,19H,11,14-15H2,(H,24,25). The Labute approximate surface area is 158 Å². The number of hydrogen-bond donors (Lipinski definition) is 1. The second-order valence-corrected chi connectivity index (χ2v) is 6.43. The summed E-state index contributed by atoms with van der Waals surface area (Å²) in [7, 11) is 0. The minimum absolute atomic E-state index is 0.0114. The van der Waals surface area contributed by atoms with Gasteiger partial charge in [0, 0.05) is 18.9 Å². The number of nitrogens with zero attached hydrogens (tertiary/aromatic N) is 1. The summed E-state index contributed by atoms with van der Waals surface area (Å²) in [4.78, 5) is 17.1. The molecule has 27 heavy (non-hydrogen) atoms. The van der Waals surface area contributed by atoms with Gasteiger partial charge in [0.15, 0.2) is 11.5 Å². The van der Waals surface area contributed by atoms with Crippen LogP contribution < -0.4 is 14.8 Å². The number of pyridine rings is 1. The second-order valence-electron chi connectivity index (χ2n) is 6.43. The predicted octanol–water partition coefficient (Wildman–Crippen LogP) is 3.45. The maximum absolute atomic E-state index is 13.0. The van der Waals surface area contributed by atoms with Gasteiger partial charge in [-0.25, -0.2) is 0 Å². The van der Waals surface area contributed by atoms with Crippen LogP contribution in [0.15, 0.2) is 73.1 Å². The molecule has 5 nitrogen and oxygen atoms in total. The maximum atomic E-state index is 13.0. The molecule has 0 saturated carbocycles. The third kappa shape index (κ3) is 4.08. The van der Waals surface area contributed by atoms with E-state index in [1.165, 1.54) is 0 Å². The Morgan fingerprint density at radius 3 is 2.67 bits per heavy atom. The third-order valence-corrected chi connectivity index (χ3v) is 4.58. The summed E-state index contributed by atoms with van der Waals surface area (Å²) < 4.78 is 10.7. The fraction of sp³-hybridized carbons (Fsp3) is 0.182. The summed E-state index contributed by atoms with van der Waals surface area (Å²) in [6.07, 6.45) is 4.15. The van der Waals surface area contributed by atoms with Gasteiger partial charge in [0.1, 0.15) is 0 Å². The van der Waals surface area contributed by atoms with Gasteiger partial charge in [0.25, 0.3) is 0 Å². The molecule has 0 spiro atoms. The normalized spacial score (nSPS) is 13.2. The largest absolute Gasteiger partial charge is 0.454 e. The number of amides is 1. The van der Waals surface area contributed by atoms with Crippen molar-refractivity contribution in [2.75, 3.05) is 6.79 Å². The molecule has 136 valence electrons. The van der Waals surface area contributed by atoms with Crippen LogP contribution in [0, 0.1) is 0 Å². The molecule has 1 aliphatic heterocycles. The molecule has 2 heterocycles. The van der Waals surface area contributed by atoms with Gasteiger partial charge in [0.05, 0.1) is 5.92 Å². The first kappa shape index (κ1) is 17.1. The number of carbonyl (C=O) groups excluding carboxylic acids is 1. The molecule has 0 aliphatic carbocycles. The first-order chi connectivity index (χ1) is 13.3. The zero-order valence-electron chi connectivity index (χ0n) is 14.8. The summed E-state index contributed by atoms with van der Waals surface area (Å²) in [5.41, 5.74) is 3.00. The van der Waals surface area contributed by atoms with E-state index in [-0.39, 0.29) is 18.6 Å². The number of aromatic nitrogens is 1. The van der Waals surface area contributed by atoms with Gasteiger partial charge < -0.3 is 14.8 Å². The number of rotatable bonds is 6. The van der Waals surface area contributed by atoms with Crippen LogP contribution in [0.1, 0.15) is 22.6 Å². The van der Waals surface area contributed by atoms with E-state index in [1.54, 1.807) is 12.4 Å². The van der Waals surface area contributed by atoms with Crippen molar-refractivity contribution in [1.82, 2.24) is 10.3 Å². The van der Waals surface area contributed by atoms with Crippen molar-refractivity contribution >= 4 is 5.91 Å². The lowest BCUT2D eigenvalue weighted by atomic mass is 9.91. The zero-order chi connectivity index (χ0) is 18.5. The average molecular weight is 360 g/mol. The van der Waals surface area contributed by atoms with Crippen LogP contribution in [-0.4, -0.2) is 17.7 Å². The molecule has 1 amide bonds. The highest BCUT2D eigenvalue weighted by Crippen LogP contribution is 2.32. The Bertz CT molecular complexity index is 913. The Kier molecular flexibility index (Phi) is 5.01. The summed E-state index contributed by atoms with van der Waals surface area (Å²) in [5.74, 6) is 1.17. The van der Waals surface area contributed by atoms with Crippen molar-refractivity contribution in [3.63, 3.8) is 0 Å². The number of ether oxygens (including phenoxy) is 2. The van der Waals surface area contributed by atoms with Crippen LogP contribution in [0.5, 0.6) is 11.5 Å². The van der Waals surface area contributed by atoms with Gasteiger partial charge in [0.2, 0.25) is 12.7 Å². The van der Waals surface area contributed by atoms with Crippen molar-refractivity contribution in [3.8, 4) is 11.5 Å². The van der Waals surface area contributed by atoms with E-state index in [2.05, 4.69) is 10.3 Å². The summed E-state index contributed by atoms with van der Waals surface area (Å²) in [5, 5.41) is 3.05. The van der Waals surface area contributed by atoms with E-state index in [0.29, 0.717) is 13.0 Å². The molecule has 4 rings (SSSR count). The van der Waals surface area contributed by atoms with Gasteiger partial charge in [-0.05, 0) is 41.3 Å². The van der Waals surface area contributed by atoms with E-state index in [4.69, 9.17) is 9.47 Å². The van der Waals surface area contributed by atoms with Crippen LogP contribution >= 0.6 is 0 Å². The highest BCUT2D eigenvalue weighted by molar-refractivity contribution is 5.84. The van der Waals surface area contributed by atoms with Crippen LogP contribution in [0.4, 0.5) is 0 Å². The average Bonchev–Trinajstić information content (AvgIpc) is 3.19. The van der Waals surface area contributed by atoms with E-state index in [0.717, 1.165) is 28.2 Å². The lowest BCUT2D eigenvalue weighted by Gasteiger charge is -2.17. The number of benzene rings is 2. The quantitative estimate of drug-likeness (QED) is 0.731. The number of hydrogen-bond acceptors (Lipinski definition) is 4. The van der Waals surface area contributed by atoms with E-state index < -0.39 is 0 Å². The molecule has 1 N–H and O–H groups in total. The van der Waals surface area contributed by atoms with Gasteiger partial charge in [-0.15, -0.1) is 0 Å². The first-order valence-electron chi connectivity index (χ1n) is 8.90. The molecular formula is C22H20N2O3. The minimum atomic E-state index is -0.274. The summed E-state index contributed by atoms with van der Waals surface area (Å²) in [6, 6.07) is 19.4. The maximum Gasteiger partial charge on any atom is 0.231 e. The minimum Gasteiger partial charge on any atom is -0.454 e.